The summed E-state index contributed by atoms with van der Waals surface area (Å²) in [6, 6.07) is 12.0. The molecule has 15 heavy (non-hydrogen) atoms. The third kappa shape index (κ3) is 2.02. The molecule has 2 rings (SSSR count). The Kier molecular flexibility index (Phi) is 2.74. The zero-order valence-corrected chi connectivity index (χ0v) is 8.64. The first-order valence-corrected chi connectivity index (χ1v) is 4.90. The van der Waals surface area contributed by atoms with Crippen molar-refractivity contribution in [2.24, 2.45) is 5.73 Å². The summed E-state index contributed by atoms with van der Waals surface area (Å²) in [4.78, 5) is 0. The SMILES string of the molecule is Cc1cc(-c2ccccc2)nnc1CN. The monoisotopic (exact) mass is 199 g/mol. The van der Waals surface area contributed by atoms with Crippen LogP contribution in [0.2, 0.25) is 0 Å². The van der Waals surface area contributed by atoms with E-state index in [0.717, 1.165) is 22.5 Å². The Morgan fingerprint density at radius 3 is 2.47 bits per heavy atom. The average Bonchev–Trinajstić information content (AvgIpc) is 2.30. The Morgan fingerprint density at radius 1 is 1.13 bits per heavy atom. The molecule has 0 atom stereocenters. The summed E-state index contributed by atoms with van der Waals surface area (Å²) in [5.41, 5.74) is 9.46. The van der Waals surface area contributed by atoms with Crippen molar-refractivity contribution >= 4 is 0 Å². The quantitative estimate of drug-likeness (QED) is 0.803. The molecule has 0 saturated heterocycles. The summed E-state index contributed by atoms with van der Waals surface area (Å²) < 4.78 is 0. The van der Waals surface area contributed by atoms with Crippen molar-refractivity contribution in [1.82, 2.24) is 10.2 Å². The standard InChI is InChI=1S/C12H13N3/c1-9-7-11(14-15-12(9)8-13)10-5-3-2-4-6-10/h2-7H,8,13H2,1H3. The minimum absolute atomic E-state index is 0.438. The van der Waals surface area contributed by atoms with Crippen molar-refractivity contribution in [3.05, 3.63) is 47.7 Å². The van der Waals surface area contributed by atoms with Gasteiger partial charge in [0.1, 0.15) is 0 Å². The Bertz CT molecular complexity index is 452. The zero-order valence-electron chi connectivity index (χ0n) is 8.64. The van der Waals surface area contributed by atoms with Crippen molar-refractivity contribution in [2.75, 3.05) is 0 Å². The van der Waals surface area contributed by atoms with E-state index in [1.165, 1.54) is 0 Å². The lowest BCUT2D eigenvalue weighted by molar-refractivity contribution is 0.885. The van der Waals surface area contributed by atoms with Gasteiger partial charge in [-0.25, -0.2) is 0 Å². The molecule has 2 aromatic rings. The number of rotatable bonds is 2. The van der Waals surface area contributed by atoms with E-state index in [1.54, 1.807) is 0 Å². The number of aromatic nitrogens is 2. The number of nitrogens with two attached hydrogens (primary N) is 1. The molecule has 0 fully saturated rings. The highest BCUT2D eigenvalue weighted by molar-refractivity contribution is 5.59. The summed E-state index contributed by atoms with van der Waals surface area (Å²) in [5, 5.41) is 8.25. The lowest BCUT2D eigenvalue weighted by atomic mass is 10.1. The Labute approximate surface area is 89.0 Å². The van der Waals surface area contributed by atoms with Crippen LogP contribution in [0.25, 0.3) is 11.3 Å². The van der Waals surface area contributed by atoms with E-state index < -0.39 is 0 Å². The number of benzene rings is 1. The van der Waals surface area contributed by atoms with Crippen LogP contribution in [0.15, 0.2) is 36.4 Å². The van der Waals surface area contributed by atoms with Gasteiger partial charge in [-0.1, -0.05) is 30.3 Å². The van der Waals surface area contributed by atoms with Gasteiger partial charge in [-0.2, -0.15) is 10.2 Å². The molecule has 3 heteroatoms. The second kappa shape index (κ2) is 4.19. The van der Waals surface area contributed by atoms with Gasteiger partial charge < -0.3 is 5.73 Å². The molecular weight excluding hydrogens is 186 g/mol. The van der Waals surface area contributed by atoms with Gasteiger partial charge >= 0.3 is 0 Å². The Morgan fingerprint density at radius 2 is 1.87 bits per heavy atom. The first-order valence-electron chi connectivity index (χ1n) is 4.90. The normalized spacial score (nSPS) is 10.3. The molecule has 76 valence electrons. The molecule has 0 aliphatic carbocycles. The first-order chi connectivity index (χ1) is 7.31. The van der Waals surface area contributed by atoms with E-state index in [-0.39, 0.29) is 0 Å². The maximum atomic E-state index is 5.54. The van der Waals surface area contributed by atoms with Gasteiger partial charge in [0, 0.05) is 12.1 Å². The molecule has 0 spiro atoms. The number of aryl methyl sites for hydroxylation is 1. The van der Waals surface area contributed by atoms with Crippen LogP contribution in [0.3, 0.4) is 0 Å². The zero-order chi connectivity index (χ0) is 10.7. The van der Waals surface area contributed by atoms with Crippen molar-refractivity contribution in [2.45, 2.75) is 13.5 Å². The predicted octanol–water partition coefficient (Wildman–Crippen LogP) is 1.91. The van der Waals surface area contributed by atoms with E-state index in [2.05, 4.69) is 10.2 Å². The van der Waals surface area contributed by atoms with E-state index in [0.29, 0.717) is 6.54 Å². The van der Waals surface area contributed by atoms with E-state index in [4.69, 9.17) is 5.73 Å². The first kappa shape index (κ1) is 9.80. The number of nitrogens with zero attached hydrogens (tertiary/aromatic N) is 2. The van der Waals surface area contributed by atoms with Gasteiger partial charge in [-0.15, -0.1) is 0 Å². The Hall–Kier alpha value is -1.74. The molecule has 0 amide bonds. The van der Waals surface area contributed by atoms with Crippen LogP contribution in [-0.4, -0.2) is 10.2 Å². The minimum Gasteiger partial charge on any atom is -0.325 e. The van der Waals surface area contributed by atoms with Gasteiger partial charge in [0.25, 0.3) is 0 Å². The molecule has 1 aromatic carbocycles. The van der Waals surface area contributed by atoms with Crippen LogP contribution in [-0.2, 0) is 6.54 Å². The highest BCUT2D eigenvalue weighted by atomic mass is 15.1. The summed E-state index contributed by atoms with van der Waals surface area (Å²) in [6.45, 7) is 2.44. The molecular formula is C12H13N3. The number of hydrogen-bond donors (Lipinski definition) is 1. The largest absolute Gasteiger partial charge is 0.325 e. The molecule has 1 heterocycles. The second-order valence-corrected chi connectivity index (χ2v) is 3.43. The van der Waals surface area contributed by atoms with E-state index in [9.17, 15) is 0 Å². The summed E-state index contributed by atoms with van der Waals surface area (Å²) in [6.07, 6.45) is 0. The van der Waals surface area contributed by atoms with Gasteiger partial charge in [0.2, 0.25) is 0 Å². The fraction of sp³-hybridized carbons (Fsp3) is 0.167. The molecule has 1 aromatic heterocycles. The van der Waals surface area contributed by atoms with Crippen LogP contribution in [0.4, 0.5) is 0 Å². The summed E-state index contributed by atoms with van der Waals surface area (Å²) in [5.74, 6) is 0. The fourth-order valence-electron chi connectivity index (χ4n) is 1.46. The molecule has 0 bridgehead atoms. The van der Waals surface area contributed by atoms with Gasteiger partial charge in [0.15, 0.2) is 0 Å². The van der Waals surface area contributed by atoms with Crippen LogP contribution in [0, 0.1) is 6.92 Å². The third-order valence-corrected chi connectivity index (χ3v) is 2.35. The van der Waals surface area contributed by atoms with Gasteiger partial charge in [-0.3, -0.25) is 0 Å². The maximum absolute atomic E-state index is 5.54. The minimum atomic E-state index is 0.438. The molecule has 3 nitrogen and oxygen atoms in total. The Balaban J connectivity index is 2.43. The lowest BCUT2D eigenvalue weighted by Crippen LogP contribution is -2.04. The fourth-order valence-corrected chi connectivity index (χ4v) is 1.46. The molecule has 0 aliphatic heterocycles. The summed E-state index contributed by atoms with van der Waals surface area (Å²) >= 11 is 0. The van der Waals surface area contributed by atoms with Gasteiger partial charge in [0.05, 0.1) is 11.4 Å². The van der Waals surface area contributed by atoms with Crippen LogP contribution >= 0.6 is 0 Å². The van der Waals surface area contributed by atoms with Gasteiger partial charge in [-0.05, 0) is 18.6 Å². The molecule has 0 unspecified atom stereocenters. The van der Waals surface area contributed by atoms with E-state index in [1.807, 2.05) is 43.3 Å². The maximum Gasteiger partial charge on any atom is 0.0932 e. The topological polar surface area (TPSA) is 51.8 Å². The van der Waals surface area contributed by atoms with Crippen molar-refractivity contribution in [3.63, 3.8) is 0 Å². The smallest absolute Gasteiger partial charge is 0.0932 e. The lowest BCUT2D eigenvalue weighted by Gasteiger charge is -2.04. The second-order valence-electron chi connectivity index (χ2n) is 3.43. The highest BCUT2D eigenvalue weighted by Crippen LogP contribution is 2.17. The predicted molar refractivity (Wildman–Crippen MR) is 60.1 cm³/mol. The average molecular weight is 199 g/mol. The van der Waals surface area contributed by atoms with Crippen molar-refractivity contribution in [3.8, 4) is 11.3 Å². The summed E-state index contributed by atoms with van der Waals surface area (Å²) in [7, 11) is 0. The van der Waals surface area contributed by atoms with E-state index >= 15 is 0 Å². The van der Waals surface area contributed by atoms with Crippen LogP contribution in [0.5, 0.6) is 0 Å². The highest BCUT2D eigenvalue weighted by Gasteiger charge is 2.03. The third-order valence-electron chi connectivity index (χ3n) is 2.35. The van der Waals surface area contributed by atoms with Crippen LogP contribution in [0.1, 0.15) is 11.3 Å². The molecule has 0 saturated carbocycles. The van der Waals surface area contributed by atoms with Crippen molar-refractivity contribution < 1.29 is 0 Å². The molecule has 0 radical (unpaired) electrons. The molecule has 0 aliphatic rings. The molecule has 2 N–H and O–H groups in total. The van der Waals surface area contributed by atoms with Crippen LogP contribution < -0.4 is 5.73 Å². The van der Waals surface area contributed by atoms with Crippen molar-refractivity contribution in [1.29, 1.82) is 0 Å². The number of hydrogen-bond acceptors (Lipinski definition) is 3.